The monoisotopic (exact) mass is 417 g/mol. The Morgan fingerprint density at radius 1 is 0.862 bits per heavy atom. The van der Waals surface area contributed by atoms with Crippen molar-refractivity contribution in [2.45, 2.75) is 42.3 Å². The van der Waals surface area contributed by atoms with Crippen LogP contribution in [0.5, 0.6) is 0 Å². The minimum Gasteiger partial charge on any atom is -0.313 e. The molecule has 0 radical (unpaired) electrons. The molecule has 1 aromatic heterocycles. The Kier molecular flexibility index (Phi) is 5.89. The molecule has 0 saturated carbocycles. The summed E-state index contributed by atoms with van der Waals surface area (Å²) >= 11 is 0.980. The molecule has 0 N–H and O–H groups in total. The van der Waals surface area contributed by atoms with Crippen LogP contribution in [-0.2, 0) is 11.6 Å². The maximum Gasteiger partial charge on any atom is 0.420 e. The number of rotatable bonds is 4. The van der Waals surface area contributed by atoms with Crippen LogP contribution in [0.2, 0.25) is 0 Å². The Bertz CT molecular complexity index is 983. The van der Waals surface area contributed by atoms with Crippen LogP contribution >= 0.6 is 11.8 Å². The highest BCUT2D eigenvalue weighted by atomic mass is 32.2. The number of nitrogens with zero attached hydrogens (tertiary/aromatic N) is 3. The third-order valence-corrected chi connectivity index (χ3v) is 5.39. The summed E-state index contributed by atoms with van der Waals surface area (Å²) in [6, 6.07) is 16.7. The Labute approximate surface area is 173 Å². The van der Waals surface area contributed by atoms with Crippen LogP contribution in [0.1, 0.15) is 31.9 Å². The first-order valence-corrected chi connectivity index (χ1v) is 9.89. The molecule has 2 aromatic carbocycles. The predicted molar refractivity (Wildman–Crippen MR) is 111 cm³/mol. The van der Waals surface area contributed by atoms with Gasteiger partial charge in [0.15, 0.2) is 0 Å². The fraction of sp³-hybridized carbons (Fsp3) is 0.273. The number of halogens is 3. The molecule has 1 heterocycles. The number of alkyl halides is 3. The van der Waals surface area contributed by atoms with E-state index in [2.05, 4.69) is 30.7 Å². The van der Waals surface area contributed by atoms with E-state index in [1.54, 1.807) is 36.2 Å². The molecule has 0 unspecified atom stereocenters. The lowest BCUT2D eigenvalue weighted by Gasteiger charge is -2.28. The maximum atomic E-state index is 13.5. The first-order chi connectivity index (χ1) is 13.6. The topological polar surface area (TPSA) is 29.0 Å². The predicted octanol–water partition coefficient (Wildman–Crippen LogP) is 6.71. The zero-order valence-corrected chi connectivity index (χ0v) is 17.5. The van der Waals surface area contributed by atoms with Gasteiger partial charge in [-0.3, -0.25) is 0 Å². The van der Waals surface area contributed by atoms with Crippen LogP contribution < -0.4 is 4.90 Å². The average molecular weight is 418 g/mol. The SMILES string of the molecule is CN(c1ncc(C(F)(F)F)c(Sc2ccccc2)n1)c1ccccc1C(C)(C)C. The van der Waals surface area contributed by atoms with Crippen molar-refractivity contribution in [1.82, 2.24) is 9.97 Å². The lowest BCUT2D eigenvalue weighted by Crippen LogP contribution is -2.21. The summed E-state index contributed by atoms with van der Waals surface area (Å²) in [6.07, 6.45) is -3.67. The van der Waals surface area contributed by atoms with Gasteiger partial charge >= 0.3 is 6.18 Å². The number of aromatic nitrogens is 2. The van der Waals surface area contributed by atoms with E-state index in [0.717, 1.165) is 29.2 Å². The molecule has 3 nitrogen and oxygen atoms in total. The Morgan fingerprint density at radius 2 is 1.48 bits per heavy atom. The second-order valence-corrected chi connectivity index (χ2v) is 8.69. The Morgan fingerprint density at radius 3 is 2.10 bits per heavy atom. The van der Waals surface area contributed by atoms with Crippen molar-refractivity contribution in [3.63, 3.8) is 0 Å². The van der Waals surface area contributed by atoms with E-state index in [-0.39, 0.29) is 16.4 Å². The molecule has 0 amide bonds. The molecule has 3 aromatic rings. The lowest BCUT2D eigenvalue weighted by molar-refractivity contribution is -0.140. The molecule has 7 heteroatoms. The van der Waals surface area contributed by atoms with Gasteiger partial charge in [0.05, 0.1) is 0 Å². The van der Waals surface area contributed by atoms with Crippen LogP contribution in [-0.4, -0.2) is 17.0 Å². The van der Waals surface area contributed by atoms with E-state index in [1.807, 2.05) is 30.3 Å². The van der Waals surface area contributed by atoms with Crippen LogP contribution in [0.4, 0.5) is 24.8 Å². The normalized spacial score (nSPS) is 12.1. The summed E-state index contributed by atoms with van der Waals surface area (Å²) in [6.45, 7) is 6.26. The van der Waals surface area contributed by atoms with Gasteiger partial charge in [0.1, 0.15) is 10.6 Å². The summed E-state index contributed by atoms with van der Waals surface area (Å²) in [7, 11) is 1.77. The van der Waals surface area contributed by atoms with E-state index in [4.69, 9.17) is 0 Å². The third kappa shape index (κ3) is 4.90. The van der Waals surface area contributed by atoms with Crippen LogP contribution in [0.25, 0.3) is 0 Å². The zero-order chi connectivity index (χ0) is 21.2. The quantitative estimate of drug-likeness (QED) is 0.441. The largest absolute Gasteiger partial charge is 0.420 e. The van der Waals surface area contributed by atoms with E-state index in [1.165, 1.54) is 0 Å². The van der Waals surface area contributed by atoms with Gasteiger partial charge in [0, 0.05) is 23.8 Å². The van der Waals surface area contributed by atoms with Crippen LogP contribution in [0.3, 0.4) is 0 Å². The molecular formula is C22H22F3N3S. The van der Waals surface area contributed by atoms with Gasteiger partial charge in [-0.25, -0.2) is 9.97 Å². The maximum absolute atomic E-state index is 13.5. The third-order valence-electron chi connectivity index (χ3n) is 4.38. The molecule has 0 aliphatic carbocycles. The lowest BCUT2D eigenvalue weighted by atomic mass is 9.85. The van der Waals surface area contributed by atoms with Crippen molar-refractivity contribution in [2.75, 3.05) is 11.9 Å². The van der Waals surface area contributed by atoms with E-state index in [0.29, 0.717) is 4.90 Å². The van der Waals surface area contributed by atoms with Gasteiger partial charge in [-0.1, -0.05) is 68.9 Å². The van der Waals surface area contributed by atoms with Crippen LogP contribution in [0, 0.1) is 0 Å². The minimum absolute atomic E-state index is 0.117. The number of benzene rings is 2. The molecular weight excluding hydrogens is 395 g/mol. The second-order valence-electron chi connectivity index (χ2n) is 7.63. The molecule has 0 spiro atoms. The fourth-order valence-corrected chi connectivity index (χ4v) is 3.82. The van der Waals surface area contributed by atoms with Gasteiger partial charge in [-0.05, 0) is 29.2 Å². The molecule has 0 aliphatic heterocycles. The highest BCUT2D eigenvalue weighted by molar-refractivity contribution is 7.99. The number of anilines is 2. The van der Waals surface area contributed by atoms with Crippen molar-refractivity contribution in [2.24, 2.45) is 0 Å². The van der Waals surface area contributed by atoms with Gasteiger partial charge < -0.3 is 4.90 Å². The van der Waals surface area contributed by atoms with Crippen molar-refractivity contribution in [3.8, 4) is 0 Å². The fourth-order valence-electron chi connectivity index (χ4n) is 2.90. The Hall–Kier alpha value is -2.54. The molecule has 0 bridgehead atoms. The van der Waals surface area contributed by atoms with Gasteiger partial charge in [-0.2, -0.15) is 13.2 Å². The summed E-state index contributed by atoms with van der Waals surface area (Å²) < 4.78 is 40.6. The van der Waals surface area contributed by atoms with Gasteiger partial charge in [0.25, 0.3) is 0 Å². The van der Waals surface area contributed by atoms with Crippen LogP contribution in [0.15, 0.2) is 70.7 Å². The minimum atomic E-state index is -4.53. The van der Waals surface area contributed by atoms with Gasteiger partial charge in [-0.15, -0.1) is 0 Å². The number of hydrogen-bond acceptors (Lipinski definition) is 4. The zero-order valence-electron chi connectivity index (χ0n) is 16.7. The first-order valence-electron chi connectivity index (χ1n) is 9.08. The number of para-hydroxylation sites is 1. The smallest absolute Gasteiger partial charge is 0.313 e. The van der Waals surface area contributed by atoms with Gasteiger partial charge in [0.2, 0.25) is 5.95 Å². The van der Waals surface area contributed by atoms with Crippen molar-refractivity contribution < 1.29 is 13.2 Å². The second kappa shape index (κ2) is 8.06. The average Bonchev–Trinajstić information content (AvgIpc) is 2.66. The van der Waals surface area contributed by atoms with E-state index >= 15 is 0 Å². The van der Waals surface area contributed by atoms with E-state index in [9.17, 15) is 13.2 Å². The van der Waals surface area contributed by atoms with Crippen molar-refractivity contribution in [3.05, 3.63) is 71.9 Å². The molecule has 0 aliphatic rings. The molecule has 29 heavy (non-hydrogen) atoms. The highest BCUT2D eigenvalue weighted by Gasteiger charge is 2.36. The van der Waals surface area contributed by atoms with E-state index < -0.39 is 11.7 Å². The standard InChI is InChI=1S/C22H22F3N3S/c1-21(2,3)16-12-8-9-13-18(16)28(4)20-26-14-17(22(23,24)25)19(27-20)29-15-10-6-5-7-11-15/h5-14H,1-4H3. The molecule has 0 fully saturated rings. The highest BCUT2D eigenvalue weighted by Crippen LogP contribution is 2.40. The van der Waals surface area contributed by atoms with Crippen molar-refractivity contribution >= 4 is 23.4 Å². The van der Waals surface area contributed by atoms with Crippen molar-refractivity contribution in [1.29, 1.82) is 0 Å². The molecule has 0 atom stereocenters. The summed E-state index contributed by atoms with van der Waals surface area (Å²) in [5.74, 6) is 0.216. The molecule has 3 rings (SSSR count). The molecule has 152 valence electrons. The molecule has 0 saturated heterocycles. The summed E-state index contributed by atoms with van der Waals surface area (Å²) in [5, 5.41) is -0.117. The summed E-state index contributed by atoms with van der Waals surface area (Å²) in [5.41, 5.74) is 0.935. The first kappa shape index (κ1) is 21.2. The summed E-state index contributed by atoms with van der Waals surface area (Å²) in [4.78, 5) is 10.7. The number of hydrogen-bond donors (Lipinski definition) is 0. The Balaban J connectivity index is 2.06.